The molecule has 2 aromatic carbocycles. The van der Waals surface area contributed by atoms with Crippen LogP contribution in [0.25, 0.3) is 0 Å². The number of benzene rings is 2. The molecule has 0 saturated carbocycles. The lowest BCUT2D eigenvalue weighted by atomic mass is 10.2. The van der Waals surface area contributed by atoms with Crippen LogP contribution < -0.4 is 14.9 Å². The van der Waals surface area contributed by atoms with Crippen molar-refractivity contribution in [2.45, 2.75) is 18.7 Å². The molecule has 1 aliphatic rings. The summed E-state index contributed by atoms with van der Waals surface area (Å²) in [4.78, 5) is 11.5. The van der Waals surface area contributed by atoms with Gasteiger partial charge in [-0.1, -0.05) is 17.7 Å². The lowest BCUT2D eigenvalue weighted by Gasteiger charge is -2.28. The van der Waals surface area contributed by atoms with E-state index in [1.165, 1.54) is 0 Å². The highest BCUT2D eigenvalue weighted by Gasteiger charge is 2.15. The molecule has 2 heterocycles. The molecule has 0 spiro atoms. The monoisotopic (exact) mass is 439 g/mol. The molecular formula is C22H25N5O3S. The summed E-state index contributed by atoms with van der Waals surface area (Å²) in [5.41, 5.74) is 3.10. The quantitative estimate of drug-likeness (QED) is 0.607. The van der Waals surface area contributed by atoms with Gasteiger partial charge in [-0.25, -0.2) is 13.4 Å². The second kappa shape index (κ2) is 8.91. The van der Waals surface area contributed by atoms with Crippen LogP contribution in [0.3, 0.4) is 0 Å². The Hall–Kier alpha value is -3.17. The zero-order chi connectivity index (χ0) is 21.8. The van der Waals surface area contributed by atoms with E-state index in [9.17, 15) is 8.42 Å². The summed E-state index contributed by atoms with van der Waals surface area (Å²) in [7, 11) is -3.64. The fourth-order valence-corrected chi connectivity index (χ4v) is 4.30. The number of anilines is 4. The number of aromatic nitrogens is 2. The van der Waals surface area contributed by atoms with Gasteiger partial charge in [0.15, 0.2) is 0 Å². The Morgan fingerprint density at radius 2 is 1.55 bits per heavy atom. The van der Waals surface area contributed by atoms with E-state index in [0.717, 1.165) is 35.9 Å². The highest BCUT2D eigenvalue weighted by molar-refractivity contribution is 7.92. The van der Waals surface area contributed by atoms with Crippen LogP contribution in [-0.4, -0.2) is 44.7 Å². The van der Waals surface area contributed by atoms with Crippen molar-refractivity contribution >= 4 is 33.2 Å². The van der Waals surface area contributed by atoms with Crippen molar-refractivity contribution in [3.8, 4) is 0 Å². The molecule has 8 nitrogen and oxygen atoms in total. The highest BCUT2D eigenvalue weighted by atomic mass is 32.2. The maximum absolute atomic E-state index is 12.6. The van der Waals surface area contributed by atoms with E-state index in [1.807, 2.05) is 19.9 Å². The number of ether oxygens (including phenoxy) is 1. The molecule has 0 unspecified atom stereocenters. The van der Waals surface area contributed by atoms with Crippen molar-refractivity contribution in [3.05, 3.63) is 65.9 Å². The minimum atomic E-state index is -3.64. The van der Waals surface area contributed by atoms with E-state index in [-0.39, 0.29) is 4.90 Å². The maximum Gasteiger partial charge on any atom is 0.261 e. The number of sulfonamides is 1. The van der Waals surface area contributed by atoms with Crippen molar-refractivity contribution in [2.75, 3.05) is 41.2 Å². The Morgan fingerprint density at radius 3 is 2.23 bits per heavy atom. The standard InChI is InChI=1S/C22H25N5O3S/c1-16-3-9-20(10-4-16)31(28,29)26-19-7-5-18(6-8-19)24-22-23-17(2)15-21(25-22)27-11-13-30-14-12-27/h3-10,15,26H,11-14H2,1-2H3,(H,23,24,25). The smallest absolute Gasteiger partial charge is 0.261 e. The number of rotatable bonds is 6. The van der Waals surface area contributed by atoms with Gasteiger partial charge >= 0.3 is 0 Å². The zero-order valence-electron chi connectivity index (χ0n) is 17.5. The van der Waals surface area contributed by atoms with Crippen LogP contribution in [0.15, 0.2) is 59.5 Å². The lowest BCUT2D eigenvalue weighted by molar-refractivity contribution is 0.122. The van der Waals surface area contributed by atoms with E-state index in [0.29, 0.717) is 24.8 Å². The van der Waals surface area contributed by atoms with Crippen molar-refractivity contribution in [1.29, 1.82) is 0 Å². The first-order valence-electron chi connectivity index (χ1n) is 10.0. The number of hydrogen-bond donors (Lipinski definition) is 2. The third kappa shape index (κ3) is 5.31. The predicted octanol–water partition coefficient (Wildman–Crippen LogP) is 3.47. The van der Waals surface area contributed by atoms with Gasteiger partial charge in [0.2, 0.25) is 5.95 Å². The number of nitrogens with zero attached hydrogens (tertiary/aromatic N) is 3. The second-order valence-corrected chi connectivity index (χ2v) is 9.09. The summed E-state index contributed by atoms with van der Waals surface area (Å²) in [5.74, 6) is 1.36. The minimum absolute atomic E-state index is 0.226. The Bertz CT molecular complexity index is 1140. The molecule has 1 fully saturated rings. The van der Waals surface area contributed by atoms with Crippen LogP contribution in [0.2, 0.25) is 0 Å². The summed E-state index contributed by atoms with van der Waals surface area (Å²) in [6, 6.07) is 15.7. The molecule has 2 N–H and O–H groups in total. The molecule has 0 atom stereocenters. The van der Waals surface area contributed by atoms with E-state index in [4.69, 9.17) is 4.74 Å². The third-order valence-corrected chi connectivity index (χ3v) is 6.30. The molecule has 0 radical (unpaired) electrons. The number of nitrogens with one attached hydrogen (secondary N) is 2. The first kappa shape index (κ1) is 21.1. The van der Waals surface area contributed by atoms with Crippen LogP contribution in [0.4, 0.5) is 23.1 Å². The fourth-order valence-electron chi connectivity index (χ4n) is 3.24. The Morgan fingerprint density at radius 1 is 0.903 bits per heavy atom. The van der Waals surface area contributed by atoms with Gasteiger partial charge in [-0.3, -0.25) is 4.72 Å². The Kier molecular flexibility index (Phi) is 6.06. The number of aryl methyl sites for hydroxylation is 2. The Labute approximate surface area is 182 Å². The lowest BCUT2D eigenvalue weighted by Crippen LogP contribution is -2.36. The molecular weight excluding hydrogens is 414 g/mol. The number of hydrogen-bond acceptors (Lipinski definition) is 7. The van der Waals surface area contributed by atoms with E-state index >= 15 is 0 Å². The van der Waals surface area contributed by atoms with Gasteiger partial charge in [0, 0.05) is 36.2 Å². The molecule has 162 valence electrons. The van der Waals surface area contributed by atoms with Crippen LogP contribution in [0, 0.1) is 13.8 Å². The van der Waals surface area contributed by atoms with Gasteiger partial charge < -0.3 is 15.0 Å². The molecule has 1 saturated heterocycles. The molecule has 3 aromatic rings. The van der Waals surface area contributed by atoms with Gasteiger partial charge in [0.1, 0.15) is 5.82 Å². The van der Waals surface area contributed by atoms with E-state index < -0.39 is 10.0 Å². The van der Waals surface area contributed by atoms with Gasteiger partial charge in [-0.05, 0) is 50.2 Å². The first-order chi connectivity index (χ1) is 14.9. The Balaban J connectivity index is 1.46. The van der Waals surface area contributed by atoms with E-state index in [2.05, 4.69) is 24.9 Å². The molecule has 4 rings (SSSR count). The maximum atomic E-state index is 12.6. The molecule has 31 heavy (non-hydrogen) atoms. The molecule has 9 heteroatoms. The van der Waals surface area contributed by atoms with Gasteiger partial charge in [0.25, 0.3) is 10.0 Å². The summed E-state index contributed by atoms with van der Waals surface area (Å²) in [6.07, 6.45) is 0. The highest BCUT2D eigenvalue weighted by Crippen LogP contribution is 2.22. The van der Waals surface area contributed by atoms with Gasteiger partial charge in [-0.2, -0.15) is 4.98 Å². The minimum Gasteiger partial charge on any atom is -0.378 e. The van der Waals surface area contributed by atoms with Crippen LogP contribution in [0.1, 0.15) is 11.3 Å². The van der Waals surface area contributed by atoms with Gasteiger partial charge in [-0.15, -0.1) is 0 Å². The molecule has 0 amide bonds. The topological polar surface area (TPSA) is 96.5 Å². The largest absolute Gasteiger partial charge is 0.378 e. The second-order valence-electron chi connectivity index (χ2n) is 7.41. The van der Waals surface area contributed by atoms with Gasteiger partial charge in [0.05, 0.1) is 18.1 Å². The fraction of sp³-hybridized carbons (Fsp3) is 0.273. The summed E-state index contributed by atoms with van der Waals surface area (Å²) in [6.45, 7) is 6.81. The van der Waals surface area contributed by atoms with Crippen molar-refractivity contribution in [3.63, 3.8) is 0 Å². The van der Waals surface area contributed by atoms with Crippen molar-refractivity contribution in [1.82, 2.24) is 9.97 Å². The normalized spacial score (nSPS) is 14.3. The summed E-state index contributed by atoms with van der Waals surface area (Å²) >= 11 is 0. The average Bonchev–Trinajstić information content (AvgIpc) is 2.75. The molecule has 1 aromatic heterocycles. The van der Waals surface area contributed by atoms with Crippen LogP contribution in [0.5, 0.6) is 0 Å². The summed E-state index contributed by atoms with van der Waals surface area (Å²) in [5, 5.41) is 3.19. The third-order valence-electron chi connectivity index (χ3n) is 4.90. The van der Waals surface area contributed by atoms with Crippen LogP contribution >= 0.6 is 0 Å². The van der Waals surface area contributed by atoms with Crippen molar-refractivity contribution in [2.24, 2.45) is 0 Å². The predicted molar refractivity (Wildman–Crippen MR) is 122 cm³/mol. The molecule has 1 aliphatic heterocycles. The van der Waals surface area contributed by atoms with Crippen molar-refractivity contribution < 1.29 is 13.2 Å². The SMILES string of the molecule is Cc1ccc(S(=O)(=O)Nc2ccc(Nc3nc(C)cc(N4CCOCC4)n3)cc2)cc1. The molecule has 0 aliphatic carbocycles. The first-order valence-corrected chi connectivity index (χ1v) is 11.5. The van der Waals surface area contributed by atoms with E-state index in [1.54, 1.807) is 48.5 Å². The molecule has 0 bridgehead atoms. The average molecular weight is 440 g/mol. The number of morpholine rings is 1. The summed E-state index contributed by atoms with van der Waals surface area (Å²) < 4.78 is 33.1. The van der Waals surface area contributed by atoms with Crippen LogP contribution in [-0.2, 0) is 14.8 Å². The zero-order valence-corrected chi connectivity index (χ0v) is 18.3.